The summed E-state index contributed by atoms with van der Waals surface area (Å²) >= 11 is 0. The first-order valence-electron chi connectivity index (χ1n) is 6.35. The van der Waals surface area contributed by atoms with Crippen LogP contribution in [0.1, 0.15) is 25.3 Å². The maximum absolute atomic E-state index is 12.9. The minimum Gasteiger partial charge on any atom is -0.356 e. The molecule has 100 valence electrons. The lowest BCUT2D eigenvalue weighted by atomic mass is 10.0. The summed E-state index contributed by atoms with van der Waals surface area (Å²) in [5, 5.41) is 2.86. The average molecular weight is 252 g/mol. The van der Waals surface area contributed by atoms with Gasteiger partial charge in [0.1, 0.15) is 5.82 Å². The van der Waals surface area contributed by atoms with Crippen molar-refractivity contribution >= 4 is 5.91 Å². The first-order valence-corrected chi connectivity index (χ1v) is 6.35. The highest BCUT2D eigenvalue weighted by molar-refractivity contribution is 5.78. The van der Waals surface area contributed by atoms with E-state index in [0.29, 0.717) is 19.5 Å². The average Bonchev–Trinajstić information content (AvgIpc) is 2.35. The molecule has 0 saturated heterocycles. The molecule has 3 N–H and O–H groups in total. The summed E-state index contributed by atoms with van der Waals surface area (Å²) in [5.74, 6) is -0.212. The number of rotatable bonds is 7. The Balaban J connectivity index is 2.27. The van der Waals surface area contributed by atoms with Gasteiger partial charge in [-0.3, -0.25) is 4.79 Å². The molecule has 18 heavy (non-hydrogen) atoms. The van der Waals surface area contributed by atoms with E-state index in [0.717, 1.165) is 18.4 Å². The Hall–Kier alpha value is -1.42. The number of nitrogens with two attached hydrogens (primary N) is 1. The van der Waals surface area contributed by atoms with Gasteiger partial charge >= 0.3 is 0 Å². The molecule has 1 aromatic carbocycles. The second kappa shape index (κ2) is 7.82. The lowest BCUT2D eigenvalue weighted by molar-refractivity contribution is -0.124. The SMILES string of the molecule is CC(CCCN)C(=O)NCCc1cccc(F)c1. The van der Waals surface area contributed by atoms with E-state index in [-0.39, 0.29) is 17.6 Å². The molecule has 0 fully saturated rings. The molecule has 0 aromatic heterocycles. The molecule has 0 spiro atoms. The standard InChI is InChI=1S/C14H21FN2O/c1-11(4-3-8-16)14(18)17-9-7-12-5-2-6-13(15)10-12/h2,5-6,10-11H,3-4,7-9,16H2,1H3,(H,17,18). The molecule has 1 rings (SSSR count). The number of halogens is 1. The summed E-state index contributed by atoms with van der Waals surface area (Å²) in [5.41, 5.74) is 6.29. The van der Waals surface area contributed by atoms with Crippen LogP contribution in [0.5, 0.6) is 0 Å². The molecule has 4 heteroatoms. The monoisotopic (exact) mass is 252 g/mol. The summed E-state index contributed by atoms with van der Waals surface area (Å²) in [6.45, 7) is 3.04. The van der Waals surface area contributed by atoms with Gasteiger partial charge in [-0.2, -0.15) is 0 Å². The van der Waals surface area contributed by atoms with Gasteiger partial charge < -0.3 is 11.1 Å². The molecule has 0 aliphatic carbocycles. The smallest absolute Gasteiger partial charge is 0.222 e. The maximum atomic E-state index is 12.9. The maximum Gasteiger partial charge on any atom is 0.222 e. The van der Waals surface area contributed by atoms with Crippen molar-refractivity contribution in [3.8, 4) is 0 Å². The topological polar surface area (TPSA) is 55.1 Å². The molecule has 1 unspecified atom stereocenters. The number of hydrogen-bond acceptors (Lipinski definition) is 2. The van der Waals surface area contributed by atoms with Crippen LogP contribution in [-0.4, -0.2) is 19.0 Å². The van der Waals surface area contributed by atoms with Gasteiger partial charge in [-0.25, -0.2) is 4.39 Å². The van der Waals surface area contributed by atoms with Crippen LogP contribution in [0.3, 0.4) is 0 Å². The van der Waals surface area contributed by atoms with Gasteiger partial charge in [-0.05, 0) is 43.5 Å². The zero-order chi connectivity index (χ0) is 13.4. The van der Waals surface area contributed by atoms with E-state index in [2.05, 4.69) is 5.32 Å². The van der Waals surface area contributed by atoms with Crippen molar-refractivity contribution in [2.24, 2.45) is 11.7 Å². The minimum atomic E-state index is -0.241. The third-order valence-corrected chi connectivity index (χ3v) is 2.89. The third kappa shape index (κ3) is 5.27. The highest BCUT2D eigenvalue weighted by Gasteiger charge is 2.11. The molecule has 0 radical (unpaired) electrons. The van der Waals surface area contributed by atoms with Crippen molar-refractivity contribution in [1.82, 2.24) is 5.32 Å². The fraction of sp³-hybridized carbons (Fsp3) is 0.500. The summed E-state index contributed by atoms with van der Waals surface area (Å²) in [7, 11) is 0. The van der Waals surface area contributed by atoms with Crippen LogP contribution in [0.4, 0.5) is 4.39 Å². The molecule has 0 heterocycles. The minimum absolute atomic E-state index is 0.0129. The molecule has 0 bridgehead atoms. The van der Waals surface area contributed by atoms with Crippen molar-refractivity contribution in [2.45, 2.75) is 26.2 Å². The van der Waals surface area contributed by atoms with E-state index in [1.54, 1.807) is 6.07 Å². The molecular weight excluding hydrogens is 231 g/mol. The Morgan fingerprint density at radius 1 is 1.50 bits per heavy atom. The Morgan fingerprint density at radius 2 is 2.28 bits per heavy atom. The van der Waals surface area contributed by atoms with Crippen molar-refractivity contribution in [2.75, 3.05) is 13.1 Å². The molecular formula is C14H21FN2O. The molecule has 1 aromatic rings. The zero-order valence-corrected chi connectivity index (χ0v) is 10.8. The van der Waals surface area contributed by atoms with Gasteiger partial charge in [0, 0.05) is 12.5 Å². The molecule has 3 nitrogen and oxygen atoms in total. The van der Waals surface area contributed by atoms with E-state index < -0.39 is 0 Å². The van der Waals surface area contributed by atoms with Crippen LogP contribution >= 0.6 is 0 Å². The second-order valence-electron chi connectivity index (χ2n) is 4.50. The first-order chi connectivity index (χ1) is 8.63. The van der Waals surface area contributed by atoms with Crippen molar-refractivity contribution < 1.29 is 9.18 Å². The molecule has 1 atom stereocenters. The number of benzene rings is 1. The van der Waals surface area contributed by atoms with Crippen LogP contribution in [0, 0.1) is 11.7 Å². The number of nitrogens with one attached hydrogen (secondary N) is 1. The Bertz CT molecular complexity index is 382. The summed E-state index contributed by atoms with van der Waals surface area (Å²) < 4.78 is 12.9. The lowest BCUT2D eigenvalue weighted by Gasteiger charge is -2.11. The van der Waals surface area contributed by atoms with E-state index >= 15 is 0 Å². The summed E-state index contributed by atoms with van der Waals surface area (Å²) in [6, 6.07) is 6.43. The molecule has 0 aliphatic heterocycles. The van der Waals surface area contributed by atoms with Crippen molar-refractivity contribution in [3.05, 3.63) is 35.6 Å². The number of carbonyl (C=O) groups is 1. The molecule has 0 aliphatic rings. The Labute approximate surface area is 108 Å². The van der Waals surface area contributed by atoms with Gasteiger partial charge in [0.15, 0.2) is 0 Å². The van der Waals surface area contributed by atoms with Crippen molar-refractivity contribution in [1.29, 1.82) is 0 Å². The Morgan fingerprint density at radius 3 is 2.94 bits per heavy atom. The van der Waals surface area contributed by atoms with Gasteiger partial charge in [0.25, 0.3) is 0 Å². The number of carbonyl (C=O) groups excluding carboxylic acids is 1. The zero-order valence-electron chi connectivity index (χ0n) is 10.8. The van der Waals surface area contributed by atoms with E-state index in [9.17, 15) is 9.18 Å². The van der Waals surface area contributed by atoms with Crippen LogP contribution in [-0.2, 0) is 11.2 Å². The van der Waals surface area contributed by atoms with Crippen LogP contribution in [0.2, 0.25) is 0 Å². The second-order valence-corrected chi connectivity index (χ2v) is 4.50. The predicted octanol–water partition coefficient (Wildman–Crippen LogP) is 1.86. The normalized spacial score (nSPS) is 12.2. The highest BCUT2D eigenvalue weighted by Crippen LogP contribution is 2.06. The Kier molecular flexibility index (Phi) is 6.36. The van der Waals surface area contributed by atoms with Crippen LogP contribution in [0.25, 0.3) is 0 Å². The third-order valence-electron chi connectivity index (χ3n) is 2.89. The largest absolute Gasteiger partial charge is 0.356 e. The fourth-order valence-corrected chi connectivity index (χ4v) is 1.75. The fourth-order valence-electron chi connectivity index (χ4n) is 1.75. The quantitative estimate of drug-likeness (QED) is 0.778. The molecule has 1 amide bonds. The van der Waals surface area contributed by atoms with E-state index in [1.165, 1.54) is 12.1 Å². The summed E-state index contributed by atoms with van der Waals surface area (Å²) in [4.78, 5) is 11.7. The van der Waals surface area contributed by atoms with E-state index in [1.807, 2.05) is 13.0 Å². The van der Waals surface area contributed by atoms with E-state index in [4.69, 9.17) is 5.73 Å². The number of amides is 1. The highest BCUT2D eigenvalue weighted by atomic mass is 19.1. The van der Waals surface area contributed by atoms with Crippen molar-refractivity contribution in [3.63, 3.8) is 0 Å². The van der Waals surface area contributed by atoms with Crippen LogP contribution in [0.15, 0.2) is 24.3 Å². The lowest BCUT2D eigenvalue weighted by Crippen LogP contribution is -2.31. The van der Waals surface area contributed by atoms with Gasteiger partial charge in [-0.1, -0.05) is 19.1 Å². The van der Waals surface area contributed by atoms with Gasteiger partial charge in [0.2, 0.25) is 5.91 Å². The summed E-state index contributed by atoms with van der Waals surface area (Å²) in [6.07, 6.45) is 2.31. The van der Waals surface area contributed by atoms with Gasteiger partial charge in [-0.15, -0.1) is 0 Å². The predicted molar refractivity (Wildman–Crippen MR) is 70.6 cm³/mol. The van der Waals surface area contributed by atoms with Crippen LogP contribution < -0.4 is 11.1 Å². The number of hydrogen-bond donors (Lipinski definition) is 2. The first kappa shape index (κ1) is 14.6. The molecule has 0 saturated carbocycles. The van der Waals surface area contributed by atoms with Gasteiger partial charge in [0.05, 0.1) is 0 Å².